The monoisotopic (exact) mass is 156 g/mol. The maximum Gasteiger partial charge on any atom is 0.0518 e. The highest BCUT2D eigenvalue weighted by Crippen LogP contribution is 2.11. The molecule has 1 N–H and O–H groups in total. The van der Waals surface area contributed by atoms with Crippen molar-refractivity contribution in [1.29, 1.82) is 0 Å². The second kappa shape index (κ2) is 4.42. The fraction of sp³-hybridized carbons (Fsp3) is 1.00. The Hall–Kier alpha value is 0.540. The molecule has 0 radical (unpaired) electrons. The third-order valence-electron chi connectivity index (χ3n) is 0.903. The Labute approximate surface area is 59.6 Å². The molecule has 50 valence electrons. The molecule has 0 aromatic heterocycles. The van der Waals surface area contributed by atoms with E-state index in [1.54, 1.807) is 0 Å². The molecule has 0 fully saturated rings. The molecule has 0 bridgehead atoms. The first-order valence-corrected chi connectivity index (χ1v) is 3.44. The first-order chi connectivity index (χ1) is 3.68. The van der Waals surface area contributed by atoms with Crippen LogP contribution in [0.1, 0.15) is 13.3 Å². The Morgan fingerprint density at radius 3 is 2.12 bits per heavy atom. The third kappa shape index (κ3) is 3.53. The summed E-state index contributed by atoms with van der Waals surface area (Å²) in [5.74, 6) is 0. The third-order valence-corrected chi connectivity index (χ3v) is 1.93. The van der Waals surface area contributed by atoms with E-state index in [0.29, 0.717) is 6.42 Å². The van der Waals surface area contributed by atoms with E-state index in [1.165, 1.54) is 0 Å². The van der Waals surface area contributed by atoms with Crippen LogP contribution in [-0.4, -0.2) is 22.5 Å². The molecule has 2 unspecified atom stereocenters. The molecule has 0 heterocycles. The number of halogens is 2. The van der Waals surface area contributed by atoms with Crippen molar-refractivity contribution in [3.05, 3.63) is 0 Å². The van der Waals surface area contributed by atoms with E-state index in [2.05, 4.69) is 0 Å². The summed E-state index contributed by atoms with van der Waals surface area (Å²) in [4.78, 5) is 0. The highest BCUT2D eigenvalue weighted by Gasteiger charge is 2.08. The van der Waals surface area contributed by atoms with Crippen LogP contribution in [0.4, 0.5) is 0 Å². The molecule has 0 aromatic rings. The van der Waals surface area contributed by atoms with Gasteiger partial charge >= 0.3 is 0 Å². The van der Waals surface area contributed by atoms with Gasteiger partial charge in [0, 0.05) is 12.0 Å². The molecular formula is C5H10Cl2O. The van der Waals surface area contributed by atoms with E-state index in [-0.39, 0.29) is 17.4 Å². The topological polar surface area (TPSA) is 20.2 Å². The van der Waals surface area contributed by atoms with Gasteiger partial charge in [-0.05, 0) is 13.3 Å². The molecule has 1 nitrogen and oxygen atoms in total. The zero-order valence-electron chi connectivity index (χ0n) is 4.77. The number of hydrogen-bond acceptors (Lipinski definition) is 1. The fourth-order valence-electron chi connectivity index (χ4n) is 0.353. The van der Waals surface area contributed by atoms with Gasteiger partial charge < -0.3 is 5.11 Å². The van der Waals surface area contributed by atoms with Crippen LogP contribution in [0, 0.1) is 0 Å². The summed E-state index contributed by atoms with van der Waals surface area (Å²) in [6.45, 7) is 1.93. The summed E-state index contributed by atoms with van der Waals surface area (Å²) in [6, 6.07) is 0. The lowest BCUT2D eigenvalue weighted by Gasteiger charge is -2.07. The van der Waals surface area contributed by atoms with Crippen molar-refractivity contribution < 1.29 is 5.11 Å². The van der Waals surface area contributed by atoms with E-state index in [4.69, 9.17) is 28.3 Å². The molecule has 0 spiro atoms. The van der Waals surface area contributed by atoms with Gasteiger partial charge in [-0.1, -0.05) is 0 Å². The van der Waals surface area contributed by atoms with Crippen molar-refractivity contribution in [3.8, 4) is 0 Å². The van der Waals surface area contributed by atoms with Crippen LogP contribution in [0.25, 0.3) is 0 Å². The normalized spacial score (nSPS) is 18.0. The van der Waals surface area contributed by atoms with Crippen LogP contribution in [0.5, 0.6) is 0 Å². The molecule has 0 aliphatic carbocycles. The number of alkyl halides is 2. The zero-order chi connectivity index (χ0) is 6.57. The summed E-state index contributed by atoms with van der Waals surface area (Å²) in [7, 11) is 0. The largest absolute Gasteiger partial charge is 0.396 e. The SMILES string of the molecule is CC(Cl)C(Cl)CCO. The summed E-state index contributed by atoms with van der Waals surface area (Å²) >= 11 is 11.2. The zero-order valence-corrected chi connectivity index (χ0v) is 6.28. The average Bonchev–Trinajstić information content (AvgIpc) is 1.67. The van der Waals surface area contributed by atoms with Gasteiger partial charge in [0.25, 0.3) is 0 Å². The van der Waals surface area contributed by atoms with Gasteiger partial charge in [-0.2, -0.15) is 0 Å². The van der Waals surface area contributed by atoms with E-state index >= 15 is 0 Å². The van der Waals surface area contributed by atoms with Crippen LogP contribution in [0.15, 0.2) is 0 Å². The summed E-state index contributed by atoms with van der Waals surface area (Å²) in [6.07, 6.45) is 0.576. The molecule has 0 aliphatic rings. The van der Waals surface area contributed by atoms with Crippen LogP contribution < -0.4 is 0 Å². The van der Waals surface area contributed by atoms with E-state index in [0.717, 1.165) is 0 Å². The van der Waals surface area contributed by atoms with Crippen LogP contribution >= 0.6 is 23.2 Å². The van der Waals surface area contributed by atoms with Crippen molar-refractivity contribution >= 4 is 23.2 Å². The number of rotatable bonds is 3. The molecule has 0 aliphatic heterocycles. The van der Waals surface area contributed by atoms with Crippen molar-refractivity contribution in [3.63, 3.8) is 0 Å². The number of aliphatic hydroxyl groups excluding tert-OH is 1. The van der Waals surface area contributed by atoms with Crippen LogP contribution in [0.3, 0.4) is 0 Å². The maximum atomic E-state index is 8.34. The van der Waals surface area contributed by atoms with Crippen molar-refractivity contribution in [2.75, 3.05) is 6.61 Å². The Balaban J connectivity index is 3.17. The molecule has 8 heavy (non-hydrogen) atoms. The molecule has 0 aromatic carbocycles. The highest BCUT2D eigenvalue weighted by molar-refractivity contribution is 6.29. The van der Waals surface area contributed by atoms with Gasteiger partial charge in [-0.15, -0.1) is 23.2 Å². The minimum Gasteiger partial charge on any atom is -0.396 e. The minimum atomic E-state index is -0.0957. The van der Waals surface area contributed by atoms with Gasteiger partial charge in [-0.25, -0.2) is 0 Å². The lowest BCUT2D eigenvalue weighted by atomic mass is 10.2. The minimum absolute atomic E-state index is 0.0520. The summed E-state index contributed by atoms with van der Waals surface area (Å²) in [5.41, 5.74) is 0. The van der Waals surface area contributed by atoms with Crippen LogP contribution in [0.2, 0.25) is 0 Å². The lowest BCUT2D eigenvalue weighted by Crippen LogP contribution is -2.11. The first-order valence-electron chi connectivity index (χ1n) is 2.57. The van der Waals surface area contributed by atoms with E-state index in [9.17, 15) is 0 Å². The van der Waals surface area contributed by atoms with Crippen molar-refractivity contribution in [1.82, 2.24) is 0 Å². The number of aliphatic hydroxyl groups is 1. The van der Waals surface area contributed by atoms with Gasteiger partial charge in [-0.3, -0.25) is 0 Å². The summed E-state index contributed by atoms with van der Waals surface area (Å²) < 4.78 is 0. The second-order valence-corrected chi connectivity index (χ2v) is 2.95. The highest BCUT2D eigenvalue weighted by atomic mass is 35.5. The van der Waals surface area contributed by atoms with Gasteiger partial charge in [0.15, 0.2) is 0 Å². The molecule has 0 amide bonds. The molecule has 0 saturated carbocycles. The van der Waals surface area contributed by atoms with Gasteiger partial charge in [0.2, 0.25) is 0 Å². The summed E-state index contributed by atoms with van der Waals surface area (Å²) in [5, 5.41) is 8.19. The van der Waals surface area contributed by atoms with Crippen molar-refractivity contribution in [2.45, 2.75) is 24.1 Å². The standard InChI is InChI=1S/C5H10Cl2O/c1-4(6)5(7)2-3-8/h4-5,8H,2-3H2,1H3. The smallest absolute Gasteiger partial charge is 0.0518 e. The predicted molar refractivity (Wildman–Crippen MR) is 36.7 cm³/mol. The number of hydrogen-bond donors (Lipinski definition) is 1. The van der Waals surface area contributed by atoms with E-state index in [1.807, 2.05) is 6.92 Å². The molecule has 0 rings (SSSR count). The Kier molecular flexibility index (Phi) is 4.72. The quantitative estimate of drug-likeness (QED) is 0.617. The maximum absolute atomic E-state index is 8.34. The lowest BCUT2D eigenvalue weighted by molar-refractivity contribution is 0.286. The van der Waals surface area contributed by atoms with Gasteiger partial charge in [0.05, 0.1) is 5.38 Å². The van der Waals surface area contributed by atoms with Crippen molar-refractivity contribution in [2.24, 2.45) is 0 Å². The fourth-order valence-corrected chi connectivity index (χ4v) is 0.577. The predicted octanol–water partition coefficient (Wildman–Crippen LogP) is 1.60. The molecule has 2 atom stereocenters. The molecule has 3 heteroatoms. The van der Waals surface area contributed by atoms with Gasteiger partial charge in [0.1, 0.15) is 0 Å². The Morgan fingerprint density at radius 2 is 2.00 bits per heavy atom. The average molecular weight is 157 g/mol. The van der Waals surface area contributed by atoms with Crippen LogP contribution in [-0.2, 0) is 0 Å². The molecule has 0 saturated heterocycles. The first kappa shape index (κ1) is 8.54. The Bertz CT molecular complexity index is 56.4. The van der Waals surface area contributed by atoms with E-state index < -0.39 is 0 Å². The Morgan fingerprint density at radius 1 is 1.50 bits per heavy atom. The molecular weight excluding hydrogens is 147 g/mol. The second-order valence-electron chi connectivity index (χ2n) is 1.71.